The molecule has 1 aliphatic carbocycles. The van der Waals surface area contributed by atoms with Gasteiger partial charge >= 0.3 is 12.2 Å². The molecule has 8 heteroatoms. The summed E-state index contributed by atoms with van der Waals surface area (Å²) in [6, 6.07) is 18.8. The molecule has 0 aliphatic heterocycles. The second-order valence-electron chi connectivity index (χ2n) is 11.4. The molecule has 4 unspecified atom stereocenters. The standard InChI is InChI=1S/C30H42N2O6/c1-22(18-35-25-12-8-6-9-13-25)37-27(33)31-21-30(5)17-24(16-29(3,4)20-30)32-28(34)38-23(2)19-36-26-14-10-7-11-15-26/h6-15,22-24H,16-21H2,1-5H3,(H,31,33)(H,32,34). The van der Waals surface area contributed by atoms with E-state index >= 15 is 0 Å². The van der Waals surface area contributed by atoms with Gasteiger partial charge in [-0.3, -0.25) is 0 Å². The van der Waals surface area contributed by atoms with Crippen molar-refractivity contribution < 1.29 is 28.5 Å². The summed E-state index contributed by atoms with van der Waals surface area (Å²) >= 11 is 0. The predicted molar refractivity (Wildman–Crippen MR) is 146 cm³/mol. The summed E-state index contributed by atoms with van der Waals surface area (Å²) in [4.78, 5) is 25.1. The van der Waals surface area contributed by atoms with Crippen molar-refractivity contribution in [2.24, 2.45) is 10.8 Å². The van der Waals surface area contributed by atoms with E-state index in [-0.39, 0.29) is 30.1 Å². The first-order chi connectivity index (χ1) is 18.0. The molecule has 4 atom stereocenters. The van der Waals surface area contributed by atoms with E-state index in [1.807, 2.05) is 60.7 Å². The van der Waals surface area contributed by atoms with Crippen molar-refractivity contribution in [2.45, 2.75) is 72.1 Å². The molecule has 8 nitrogen and oxygen atoms in total. The minimum Gasteiger partial charge on any atom is -0.490 e. The number of hydrogen-bond acceptors (Lipinski definition) is 6. The molecule has 0 bridgehead atoms. The van der Waals surface area contributed by atoms with Gasteiger partial charge in [-0.2, -0.15) is 0 Å². The number of nitrogens with one attached hydrogen (secondary N) is 2. The van der Waals surface area contributed by atoms with E-state index in [0.29, 0.717) is 13.0 Å². The Bertz CT molecular complexity index is 1020. The Morgan fingerprint density at radius 2 is 1.32 bits per heavy atom. The van der Waals surface area contributed by atoms with Crippen LogP contribution in [0.5, 0.6) is 11.5 Å². The topological polar surface area (TPSA) is 95.1 Å². The summed E-state index contributed by atoms with van der Waals surface area (Å²) in [5, 5.41) is 5.95. The molecular weight excluding hydrogens is 484 g/mol. The van der Waals surface area contributed by atoms with Crippen LogP contribution in [0.15, 0.2) is 60.7 Å². The van der Waals surface area contributed by atoms with E-state index in [1.165, 1.54) is 0 Å². The number of carbonyl (C=O) groups is 2. The van der Waals surface area contributed by atoms with Gasteiger partial charge in [0.1, 0.15) is 36.9 Å². The zero-order chi connectivity index (χ0) is 27.6. The van der Waals surface area contributed by atoms with Crippen molar-refractivity contribution in [3.05, 3.63) is 60.7 Å². The SMILES string of the molecule is CC(COc1ccccc1)OC(=O)NCC1(C)CC(NC(=O)OC(C)COc2ccccc2)CC(C)(C)C1. The van der Waals surface area contributed by atoms with Crippen molar-refractivity contribution in [1.82, 2.24) is 10.6 Å². The highest BCUT2D eigenvalue weighted by Gasteiger charge is 2.42. The van der Waals surface area contributed by atoms with Crippen LogP contribution in [-0.4, -0.2) is 50.2 Å². The van der Waals surface area contributed by atoms with Gasteiger partial charge in [-0.25, -0.2) is 9.59 Å². The summed E-state index contributed by atoms with van der Waals surface area (Å²) in [7, 11) is 0. The van der Waals surface area contributed by atoms with E-state index in [4.69, 9.17) is 18.9 Å². The summed E-state index contributed by atoms with van der Waals surface area (Å²) in [5.74, 6) is 1.47. The number of rotatable bonds is 11. The van der Waals surface area contributed by atoms with Gasteiger partial charge in [0, 0.05) is 12.6 Å². The van der Waals surface area contributed by atoms with Gasteiger partial charge in [-0.05, 0) is 68.2 Å². The Balaban J connectivity index is 1.43. The van der Waals surface area contributed by atoms with Gasteiger partial charge in [-0.1, -0.05) is 57.2 Å². The van der Waals surface area contributed by atoms with Crippen LogP contribution in [0.25, 0.3) is 0 Å². The average Bonchev–Trinajstić information content (AvgIpc) is 2.85. The van der Waals surface area contributed by atoms with Crippen LogP contribution in [0.4, 0.5) is 9.59 Å². The number of para-hydroxylation sites is 2. The summed E-state index contributed by atoms with van der Waals surface area (Å²) in [6.07, 6.45) is 0.707. The number of ether oxygens (including phenoxy) is 4. The Hall–Kier alpha value is -3.42. The summed E-state index contributed by atoms with van der Waals surface area (Å²) in [5.41, 5.74) is -0.236. The van der Waals surface area contributed by atoms with Gasteiger partial charge in [0.25, 0.3) is 0 Å². The fourth-order valence-electron chi connectivity index (χ4n) is 5.29. The first-order valence-corrected chi connectivity index (χ1v) is 13.3. The molecule has 0 heterocycles. The number of carbonyl (C=O) groups excluding carboxylic acids is 2. The molecule has 2 N–H and O–H groups in total. The van der Waals surface area contributed by atoms with Crippen LogP contribution >= 0.6 is 0 Å². The minimum absolute atomic E-state index is 0.0185. The van der Waals surface area contributed by atoms with Crippen LogP contribution in [0, 0.1) is 10.8 Å². The van der Waals surface area contributed by atoms with Crippen LogP contribution in [-0.2, 0) is 9.47 Å². The minimum atomic E-state index is -0.477. The molecule has 0 saturated heterocycles. The fraction of sp³-hybridized carbons (Fsp3) is 0.533. The van der Waals surface area contributed by atoms with Gasteiger partial charge in [0.2, 0.25) is 0 Å². The van der Waals surface area contributed by atoms with E-state index in [9.17, 15) is 9.59 Å². The zero-order valence-electron chi connectivity index (χ0n) is 23.2. The maximum atomic E-state index is 12.6. The van der Waals surface area contributed by atoms with Gasteiger partial charge in [0.05, 0.1) is 0 Å². The largest absolute Gasteiger partial charge is 0.490 e. The van der Waals surface area contributed by atoms with E-state index < -0.39 is 24.4 Å². The summed E-state index contributed by atoms with van der Waals surface area (Å²) in [6.45, 7) is 11.1. The molecule has 208 valence electrons. The first kappa shape index (κ1) is 29.1. The van der Waals surface area contributed by atoms with Crippen molar-refractivity contribution in [3.63, 3.8) is 0 Å². The lowest BCUT2D eigenvalue weighted by Gasteiger charge is -2.46. The van der Waals surface area contributed by atoms with Crippen LogP contribution in [0.1, 0.15) is 53.9 Å². The number of hydrogen-bond donors (Lipinski definition) is 2. The van der Waals surface area contributed by atoms with Crippen LogP contribution in [0.2, 0.25) is 0 Å². The lowest BCUT2D eigenvalue weighted by Crippen LogP contribution is -2.51. The molecule has 2 amide bonds. The molecule has 38 heavy (non-hydrogen) atoms. The van der Waals surface area contributed by atoms with Crippen molar-refractivity contribution in [3.8, 4) is 11.5 Å². The second kappa shape index (κ2) is 13.4. The smallest absolute Gasteiger partial charge is 0.407 e. The highest BCUT2D eigenvalue weighted by atomic mass is 16.6. The van der Waals surface area contributed by atoms with E-state index in [0.717, 1.165) is 24.3 Å². The highest BCUT2D eigenvalue weighted by molar-refractivity contribution is 5.68. The molecule has 2 aromatic rings. The summed E-state index contributed by atoms with van der Waals surface area (Å²) < 4.78 is 22.3. The molecular formula is C30H42N2O6. The number of amides is 2. The van der Waals surface area contributed by atoms with Crippen molar-refractivity contribution >= 4 is 12.2 Å². The molecule has 1 aliphatic rings. The van der Waals surface area contributed by atoms with E-state index in [1.54, 1.807) is 13.8 Å². The first-order valence-electron chi connectivity index (χ1n) is 13.3. The third-order valence-corrected chi connectivity index (χ3v) is 6.50. The molecule has 3 rings (SSSR count). The highest BCUT2D eigenvalue weighted by Crippen LogP contribution is 2.45. The average molecular weight is 527 g/mol. The zero-order valence-corrected chi connectivity index (χ0v) is 23.2. The molecule has 2 aromatic carbocycles. The quantitative estimate of drug-likeness (QED) is 0.375. The Labute approximate surface area is 226 Å². The van der Waals surface area contributed by atoms with Gasteiger partial charge in [0.15, 0.2) is 0 Å². The Kier molecular flexibility index (Phi) is 10.3. The molecule has 1 saturated carbocycles. The molecule has 0 aromatic heterocycles. The van der Waals surface area contributed by atoms with Crippen molar-refractivity contribution in [1.29, 1.82) is 0 Å². The Morgan fingerprint density at radius 3 is 1.84 bits per heavy atom. The fourth-order valence-corrected chi connectivity index (χ4v) is 5.29. The third kappa shape index (κ3) is 10.1. The third-order valence-electron chi connectivity index (χ3n) is 6.50. The Morgan fingerprint density at radius 1 is 0.816 bits per heavy atom. The van der Waals surface area contributed by atoms with Gasteiger partial charge in [-0.15, -0.1) is 0 Å². The number of benzene rings is 2. The van der Waals surface area contributed by atoms with E-state index in [2.05, 4.69) is 31.4 Å². The normalized spacial score (nSPS) is 21.9. The molecule has 0 radical (unpaired) electrons. The monoisotopic (exact) mass is 526 g/mol. The van der Waals surface area contributed by atoms with Crippen LogP contribution in [0.3, 0.4) is 0 Å². The van der Waals surface area contributed by atoms with Crippen LogP contribution < -0.4 is 20.1 Å². The lowest BCUT2D eigenvalue weighted by atomic mass is 9.62. The lowest BCUT2D eigenvalue weighted by molar-refractivity contribution is 0.0436. The maximum Gasteiger partial charge on any atom is 0.407 e. The predicted octanol–water partition coefficient (Wildman–Crippen LogP) is 5.96. The second-order valence-corrected chi connectivity index (χ2v) is 11.4. The number of alkyl carbamates (subject to hydrolysis) is 2. The molecule has 0 spiro atoms. The molecule has 1 fully saturated rings. The maximum absolute atomic E-state index is 12.6. The van der Waals surface area contributed by atoms with Crippen molar-refractivity contribution in [2.75, 3.05) is 19.8 Å². The van der Waals surface area contributed by atoms with Gasteiger partial charge < -0.3 is 29.6 Å².